The van der Waals surface area contributed by atoms with Crippen LogP contribution >= 0.6 is 22.7 Å². The van der Waals surface area contributed by atoms with Crippen LogP contribution in [0.2, 0.25) is 0 Å². The number of nitrogens with one attached hydrogen (secondary N) is 2. The van der Waals surface area contributed by atoms with E-state index in [1.54, 1.807) is 23.8 Å². The smallest absolute Gasteiger partial charge is 0.228 e. The highest BCUT2D eigenvalue weighted by atomic mass is 32.1. The van der Waals surface area contributed by atoms with Crippen molar-refractivity contribution < 1.29 is 9.59 Å². The molecule has 0 aliphatic rings. The van der Waals surface area contributed by atoms with E-state index in [0.717, 1.165) is 5.56 Å². The van der Waals surface area contributed by atoms with E-state index in [4.69, 9.17) is 0 Å². The first-order valence-corrected chi connectivity index (χ1v) is 9.57. The third-order valence-corrected chi connectivity index (χ3v) is 5.22. The monoisotopic (exact) mass is 374 g/mol. The molecule has 0 saturated heterocycles. The summed E-state index contributed by atoms with van der Waals surface area (Å²) in [6, 6.07) is 5.88. The van der Waals surface area contributed by atoms with Gasteiger partial charge in [-0.3, -0.25) is 9.59 Å². The predicted octanol–water partition coefficient (Wildman–Crippen LogP) is 2.91. The second-order valence-corrected chi connectivity index (χ2v) is 7.09. The van der Waals surface area contributed by atoms with E-state index in [1.165, 1.54) is 11.3 Å². The maximum atomic E-state index is 12.5. The lowest BCUT2D eigenvalue weighted by molar-refractivity contribution is -0.120. The van der Waals surface area contributed by atoms with Crippen LogP contribution in [0.15, 0.2) is 46.7 Å². The lowest BCUT2D eigenvalue weighted by Gasteiger charge is -2.17. The van der Waals surface area contributed by atoms with Crippen molar-refractivity contribution >= 4 is 39.6 Å². The average Bonchev–Trinajstić information content (AvgIpc) is 3.35. The summed E-state index contributed by atoms with van der Waals surface area (Å²) >= 11 is 2.94. The maximum Gasteiger partial charge on any atom is 0.228 e. The minimum absolute atomic E-state index is 0.0495. The molecule has 3 rings (SSSR count). The van der Waals surface area contributed by atoms with E-state index in [1.807, 2.05) is 40.5 Å². The van der Waals surface area contributed by atoms with Gasteiger partial charge in [0, 0.05) is 24.8 Å². The zero-order valence-electron chi connectivity index (χ0n) is 13.6. The van der Waals surface area contributed by atoms with Gasteiger partial charge in [0.1, 0.15) is 0 Å². The summed E-state index contributed by atoms with van der Waals surface area (Å²) in [5, 5.41) is 11.8. The number of hydrogen-bond donors (Lipinski definition) is 2. The fourth-order valence-corrected chi connectivity index (χ4v) is 3.89. The van der Waals surface area contributed by atoms with Gasteiger partial charge in [-0.05, 0) is 34.5 Å². The Bertz CT molecular complexity index is 791. The van der Waals surface area contributed by atoms with Gasteiger partial charge in [0.2, 0.25) is 11.8 Å². The highest BCUT2D eigenvalue weighted by Gasteiger charge is 2.18. The van der Waals surface area contributed by atoms with Crippen LogP contribution in [-0.4, -0.2) is 28.4 Å². The van der Waals surface area contributed by atoms with Crippen molar-refractivity contribution in [3.8, 4) is 0 Å². The summed E-state index contributed by atoms with van der Waals surface area (Å²) in [4.78, 5) is 28.1. The van der Waals surface area contributed by atoms with Gasteiger partial charge in [-0.25, -0.2) is 4.98 Å². The van der Waals surface area contributed by atoms with Crippen LogP contribution in [0.4, 0.5) is 5.13 Å². The van der Waals surface area contributed by atoms with E-state index in [-0.39, 0.29) is 24.3 Å². The minimum atomic E-state index is -0.106. The molecule has 3 aromatic heterocycles. The first kappa shape index (κ1) is 17.4. The molecule has 0 spiro atoms. The first-order valence-electron chi connectivity index (χ1n) is 7.75. The quantitative estimate of drug-likeness (QED) is 0.668. The molecule has 130 valence electrons. The van der Waals surface area contributed by atoms with Crippen molar-refractivity contribution in [1.82, 2.24) is 14.9 Å². The second kappa shape index (κ2) is 8.09. The van der Waals surface area contributed by atoms with Gasteiger partial charge < -0.3 is 15.2 Å². The molecule has 0 aliphatic carbocycles. The summed E-state index contributed by atoms with van der Waals surface area (Å²) in [5.74, 6) is -0.209. The van der Waals surface area contributed by atoms with Gasteiger partial charge in [0.15, 0.2) is 5.13 Å². The number of thiophene rings is 1. The van der Waals surface area contributed by atoms with Crippen LogP contribution in [0.3, 0.4) is 0 Å². The van der Waals surface area contributed by atoms with Gasteiger partial charge >= 0.3 is 0 Å². The summed E-state index contributed by atoms with van der Waals surface area (Å²) in [6.45, 7) is 0. The maximum absolute atomic E-state index is 12.5. The Morgan fingerprint density at radius 3 is 2.72 bits per heavy atom. The second-order valence-electron chi connectivity index (χ2n) is 5.45. The average molecular weight is 374 g/mol. The zero-order chi connectivity index (χ0) is 17.6. The van der Waals surface area contributed by atoms with Crippen LogP contribution in [0.5, 0.6) is 0 Å². The number of anilines is 1. The number of nitrogens with zero attached hydrogens (tertiary/aromatic N) is 2. The first-order chi connectivity index (χ1) is 12.2. The highest BCUT2D eigenvalue weighted by Crippen LogP contribution is 2.25. The zero-order valence-corrected chi connectivity index (χ0v) is 15.3. The molecule has 1 atom stereocenters. The molecule has 0 saturated carbocycles. The number of rotatable bonds is 7. The molecule has 0 unspecified atom stereocenters. The van der Waals surface area contributed by atoms with E-state index >= 15 is 0 Å². The van der Waals surface area contributed by atoms with Gasteiger partial charge in [0.25, 0.3) is 0 Å². The van der Waals surface area contributed by atoms with Crippen molar-refractivity contribution in [1.29, 1.82) is 0 Å². The van der Waals surface area contributed by atoms with Crippen molar-refractivity contribution in [3.05, 3.63) is 58.0 Å². The van der Waals surface area contributed by atoms with Gasteiger partial charge in [-0.15, -0.1) is 11.3 Å². The van der Waals surface area contributed by atoms with Crippen LogP contribution in [0, 0.1) is 0 Å². The molecule has 0 aliphatic heterocycles. The van der Waals surface area contributed by atoms with Crippen LogP contribution in [-0.2, 0) is 16.0 Å². The Morgan fingerprint density at radius 2 is 2.04 bits per heavy atom. The molecule has 3 aromatic rings. The molecule has 25 heavy (non-hydrogen) atoms. The Kier molecular flexibility index (Phi) is 5.62. The molecular weight excluding hydrogens is 356 g/mol. The fourth-order valence-electron chi connectivity index (χ4n) is 2.46. The van der Waals surface area contributed by atoms with Crippen molar-refractivity contribution in [3.63, 3.8) is 0 Å². The Labute approximate surface area is 153 Å². The normalized spacial score (nSPS) is 11.9. The van der Waals surface area contributed by atoms with E-state index < -0.39 is 0 Å². The Morgan fingerprint density at radius 1 is 1.24 bits per heavy atom. The SMILES string of the molecule is CNC(=O)Cc1csc(NC(=O)C[C@H](c2ccsc2)n2cccc2)n1. The van der Waals surface area contributed by atoms with Crippen LogP contribution < -0.4 is 10.6 Å². The lowest BCUT2D eigenvalue weighted by Crippen LogP contribution is -2.20. The largest absolute Gasteiger partial charge is 0.359 e. The third-order valence-electron chi connectivity index (χ3n) is 3.71. The summed E-state index contributed by atoms with van der Waals surface area (Å²) in [6.07, 6.45) is 4.44. The van der Waals surface area contributed by atoms with Crippen molar-refractivity contribution in [2.24, 2.45) is 0 Å². The summed E-state index contributed by atoms with van der Waals surface area (Å²) < 4.78 is 2.03. The van der Waals surface area contributed by atoms with Crippen molar-refractivity contribution in [2.75, 3.05) is 12.4 Å². The molecule has 8 heteroatoms. The molecule has 3 heterocycles. The van der Waals surface area contributed by atoms with E-state index in [9.17, 15) is 9.59 Å². The summed E-state index contributed by atoms with van der Waals surface area (Å²) in [5.41, 5.74) is 1.76. The Balaban J connectivity index is 1.65. The number of thiazole rings is 1. The molecule has 2 amide bonds. The molecule has 0 aromatic carbocycles. The van der Waals surface area contributed by atoms with Gasteiger partial charge in [-0.1, -0.05) is 0 Å². The minimum Gasteiger partial charge on any atom is -0.359 e. The third kappa shape index (κ3) is 4.55. The number of carbonyl (C=O) groups excluding carboxylic acids is 2. The van der Waals surface area contributed by atoms with E-state index in [2.05, 4.69) is 21.0 Å². The van der Waals surface area contributed by atoms with Crippen LogP contribution in [0.25, 0.3) is 0 Å². The number of likely N-dealkylation sites (N-methyl/N-ethyl adjacent to an activating group) is 1. The predicted molar refractivity (Wildman–Crippen MR) is 100 cm³/mol. The van der Waals surface area contributed by atoms with Gasteiger partial charge in [0.05, 0.1) is 24.6 Å². The molecule has 6 nitrogen and oxygen atoms in total. The summed E-state index contributed by atoms with van der Waals surface area (Å²) in [7, 11) is 1.59. The molecule has 0 fully saturated rings. The number of hydrogen-bond acceptors (Lipinski definition) is 5. The number of carbonyl (C=O) groups is 2. The lowest BCUT2D eigenvalue weighted by atomic mass is 10.1. The van der Waals surface area contributed by atoms with E-state index in [0.29, 0.717) is 17.2 Å². The number of amides is 2. The fraction of sp³-hybridized carbons (Fsp3) is 0.235. The standard InChI is InChI=1S/C17H18N4O2S2/c1-18-15(22)8-13-11-25-17(19-13)20-16(23)9-14(12-4-7-24-10-12)21-5-2-3-6-21/h2-7,10-11,14H,8-9H2,1H3,(H,18,22)(H,19,20,23)/t14-/m1/s1. The van der Waals surface area contributed by atoms with Crippen LogP contribution in [0.1, 0.15) is 23.7 Å². The number of aromatic nitrogens is 2. The van der Waals surface area contributed by atoms with Crippen molar-refractivity contribution in [2.45, 2.75) is 18.9 Å². The molecule has 0 bridgehead atoms. The molecule has 2 N–H and O–H groups in total. The topological polar surface area (TPSA) is 76.0 Å². The molecule has 0 radical (unpaired) electrons. The molecular formula is C17H18N4O2S2. The Hall–Kier alpha value is -2.45. The van der Waals surface area contributed by atoms with Gasteiger partial charge in [-0.2, -0.15) is 11.3 Å². The highest BCUT2D eigenvalue weighted by molar-refractivity contribution is 7.14.